The van der Waals surface area contributed by atoms with Gasteiger partial charge in [0.05, 0.1) is 18.1 Å². The van der Waals surface area contributed by atoms with Crippen molar-refractivity contribution in [3.05, 3.63) is 12.2 Å². The molecule has 2 unspecified atom stereocenters. The zero-order chi connectivity index (χ0) is 11.6. The molecule has 3 nitrogen and oxygen atoms in total. The molecule has 2 bridgehead atoms. The first-order valence-corrected chi connectivity index (χ1v) is 6.10. The highest BCUT2D eigenvalue weighted by Crippen LogP contribution is 2.49. The molecule has 2 atom stereocenters. The van der Waals surface area contributed by atoms with E-state index in [2.05, 4.69) is 6.08 Å². The second-order valence-corrected chi connectivity index (χ2v) is 5.07. The average molecular weight is 224 g/mol. The van der Waals surface area contributed by atoms with Crippen LogP contribution in [0.2, 0.25) is 0 Å². The highest BCUT2D eigenvalue weighted by Gasteiger charge is 2.47. The summed E-state index contributed by atoms with van der Waals surface area (Å²) in [7, 11) is 0. The molecule has 3 heteroatoms. The van der Waals surface area contributed by atoms with Crippen LogP contribution in [0.3, 0.4) is 0 Å². The van der Waals surface area contributed by atoms with Crippen molar-refractivity contribution in [3.63, 3.8) is 0 Å². The highest BCUT2D eigenvalue weighted by molar-refractivity contribution is 5.80. The van der Waals surface area contributed by atoms with E-state index in [1.54, 1.807) is 0 Å². The van der Waals surface area contributed by atoms with Gasteiger partial charge in [0, 0.05) is 0 Å². The predicted octanol–water partition coefficient (Wildman–Crippen LogP) is 2.31. The zero-order valence-corrected chi connectivity index (χ0v) is 10.1. The van der Waals surface area contributed by atoms with Crippen LogP contribution in [0.5, 0.6) is 0 Å². The Balaban J connectivity index is 1.74. The van der Waals surface area contributed by atoms with Gasteiger partial charge in [0.25, 0.3) is 0 Å². The summed E-state index contributed by atoms with van der Waals surface area (Å²) in [4.78, 5) is 11.9. The standard InChI is InChI=1S/C13H20O3/c1-10(2)15-7-8-16-12(14)13-5-3-11(9-13)4-6-13/h3,5,10-11H,4,6-9H2,1-2H3. The monoisotopic (exact) mass is 224 g/mol. The lowest BCUT2D eigenvalue weighted by molar-refractivity contribution is -0.154. The van der Waals surface area contributed by atoms with E-state index in [-0.39, 0.29) is 17.5 Å². The maximum absolute atomic E-state index is 11.9. The topological polar surface area (TPSA) is 35.5 Å². The van der Waals surface area contributed by atoms with Crippen molar-refractivity contribution in [2.24, 2.45) is 11.3 Å². The lowest BCUT2D eigenvalue weighted by atomic mass is 9.88. The van der Waals surface area contributed by atoms with Gasteiger partial charge in [-0.2, -0.15) is 0 Å². The SMILES string of the molecule is CC(C)OCCOC(=O)C12C=CC(CC1)C2. The molecule has 2 rings (SSSR count). The van der Waals surface area contributed by atoms with Crippen molar-refractivity contribution in [2.45, 2.75) is 39.2 Å². The number of fused-ring (bicyclic) bond motifs is 2. The van der Waals surface area contributed by atoms with E-state index in [9.17, 15) is 4.79 Å². The molecule has 0 aliphatic heterocycles. The Bertz CT molecular complexity index is 296. The van der Waals surface area contributed by atoms with E-state index in [1.807, 2.05) is 19.9 Å². The third-order valence-electron chi connectivity index (χ3n) is 3.45. The molecule has 0 aromatic heterocycles. The molecular formula is C13H20O3. The summed E-state index contributed by atoms with van der Waals surface area (Å²) < 4.78 is 10.6. The second-order valence-electron chi connectivity index (χ2n) is 5.07. The van der Waals surface area contributed by atoms with Gasteiger partial charge in [-0.25, -0.2) is 0 Å². The van der Waals surface area contributed by atoms with Crippen LogP contribution in [0.1, 0.15) is 33.1 Å². The summed E-state index contributed by atoms with van der Waals surface area (Å²) >= 11 is 0. The summed E-state index contributed by atoms with van der Waals surface area (Å²) in [5.41, 5.74) is -0.289. The number of rotatable bonds is 5. The molecule has 0 heterocycles. The van der Waals surface area contributed by atoms with Crippen LogP contribution in [-0.2, 0) is 14.3 Å². The normalized spacial score (nSPS) is 31.3. The first-order valence-electron chi connectivity index (χ1n) is 6.10. The van der Waals surface area contributed by atoms with Gasteiger partial charge in [0.15, 0.2) is 0 Å². The summed E-state index contributed by atoms with van der Waals surface area (Å²) in [6.45, 7) is 4.81. The molecule has 1 fully saturated rings. The average Bonchev–Trinajstić information content (AvgIpc) is 2.85. The zero-order valence-electron chi connectivity index (χ0n) is 10.1. The lowest BCUT2D eigenvalue weighted by Crippen LogP contribution is -2.28. The van der Waals surface area contributed by atoms with Crippen molar-refractivity contribution in [2.75, 3.05) is 13.2 Å². The van der Waals surface area contributed by atoms with Gasteiger partial charge < -0.3 is 9.47 Å². The molecule has 0 N–H and O–H groups in total. The van der Waals surface area contributed by atoms with Gasteiger partial charge in [-0.1, -0.05) is 12.2 Å². The van der Waals surface area contributed by atoms with Crippen molar-refractivity contribution in [1.82, 2.24) is 0 Å². The molecule has 90 valence electrons. The maximum atomic E-state index is 11.9. The fourth-order valence-corrected chi connectivity index (χ4v) is 2.57. The Morgan fingerprint density at radius 3 is 2.81 bits per heavy atom. The van der Waals surface area contributed by atoms with E-state index in [0.717, 1.165) is 19.3 Å². The molecule has 0 saturated heterocycles. The van der Waals surface area contributed by atoms with Gasteiger partial charge in [-0.15, -0.1) is 0 Å². The van der Waals surface area contributed by atoms with Crippen molar-refractivity contribution in [1.29, 1.82) is 0 Å². The fraction of sp³-hybridized carbons (Fsp3) is 0.769. The molecule has 1 saturated carbocycles. The Morgan fingerprint density at radius 1 is 1.50 bits per heavy atom. The number of esters is 1. The van der Waals surface area contributed by atoms with Crippen LogP contribution in [0.15, 0.2) is 12.2 Å². The first kappa shape index (κ1) is 11.6. The van der Waals surface area contributed by atoms with E-state index >= 15 is 0 Å². The number of carbonyl (C=O) groups excluding carboxylic acids is 1. The molecule has 0 spiro atoms. The van der Waals surface area contributed by atoms with Crippen LogP contribution in [0, 0.1) is 11.3 Å². The fourth-order valence-electron chi connectivity index (χ4n) is 2.57. The van der Waals surface area contributed by atoms with Gasteiger partial charge in [-0.3, -0.25) is 4.79 Å². The number of hydrogen-bond acceptors (Lipinski definition) is 3. The highest BCUT2D eigenvalue weighted by atomic mass is 16.6. The third kappa shape index (κ3) is 2.29. The van der Waals surface area contributed by atoms with Crippen LogP contribution in [0.4, 0.5) is 0 Å². The summed E-state index contributed by atoms with van der Waals surface area (Å²) in [6.07, 6.45) is 7.45. The second kappa shape index (κ2) is 4.58. The maximum Gasteiger partial charge on any atom is 0.316 e. The van der Waals surface area contributed by atoms with E-state index in [1.165, 1.54) is 0 Å². The smallest absolute Gasteiger partial charge is 0.316 e. The number of hydrogen-bond donors (Lipinski definition) is 0. The summed E-state index contributed by atoms with van der Waals surface area (Å²) in [5.74, 6) is 0.551. The molecular weight excluding hydrogens is 204 g/mol. The minimum atomic E-state index is -0.289. The number of allylic oxidation sites excluding steroid dienone is 1. The molecule has 0 amide bonds. The van der Waals surface area contributed by atoms with Gasteiger partial charge >= 0.3 is 5.97 Å². The third-order valence-corrected chi connectivity index (χ3v) is 3.45. The Kier molecular flexibility index (Phi) is 3.33. The van der Waals surface area contributed by atoms with E-state index < -0.39 is 0 Å². The molecule has 16 heavy (non-hydrogen) atoms. The van der Waals surface area contributed by atoms with Crippen LogP contribution in [0.25, 0.3) is 0 Å². The summed E-state index contributed by atoms with van der Waals surface area (Å²) in [5, 5.41) is 0. The van der Waals surface area contributed by atoms with Gasteiger partial charge in [0.1, 0.15) is 6.61 Å². The van der Waals surface area contributed by atoms with Gasteiger partial charge in [-0.05, 0) is 39.0 Å². The van der Waals surface area contributed by atoms with Crippen LogP contribution >= 0.6 is 0 Å². The van der Waals surface area contributed by atoms with Crippen LogP contribution < -0.4 is 0 Å². The van der Waals surface area contributed by atoms with Crippen LogP contribution in [-0.4, -0.2) is 25.3 Å². The molecule has 2 aliphatic carbocycles. The molecule has 0 aromatic rings. The van der Waals surface area contributed by atoms with Crippen molar-refractivity contribution >= 4 is 5.97 Å². The van der Waals surface area contributed by atoms with Crippen molar-refractivity contribution in [3.8, 4) is 0 Å². The Morgan fingerprint density at radius 2 is 2.31 bits per heavy atom. The van der Waals surface area contributed by atoms with E-state index in [4.69, 9.17) is 9.47 Å². The predicted molar refractivity (Wildman–Crippen MR) is 61.0 cm³/mol. The minimum absolute atomic E-state index is 0.0592. The molecule has 0 aromatic carbocycles. The summed E-state index contributed by atoms with van der Waals surface area (Å²) in [6, 6.07) is 0. The van der Waals surface area contributed by atoms with Crippen molar-refractivity contribution < 1.29 is 14.3 Å². The van der Waals surface area contributed by atoms with E-state index in [0.29, 0.717) is 19.1 Å². The number of carbonyl (C=O) groups is 1. The quantitative estimate of drug-likeness (QED) is 0.408. The van der Waals surface area contributed by atoms with Gasteiger partial charge in [0.2, 0.25) is 0 Å². The first-order chi connectivity index (χ1) is 7.62. The Hall–Kier alpha value is -0.830. The Labute approximate surface area is 96.8 Å². The number of ether oxygens (including phenoxy) is 2. The molecule has 2 aliphatic rings. The minimum Gasteiger partial charge on any atom is -0.463 e. The lowest BCUT2D eigenvalue weighted by Gasteiger charge is -2.21. The largest absolute Gasteiger partial charge is 0.463 e. The molecule has 0 radical (unpaired) electrons.